The molecule has 145 valence electrons. The molecule has 0 heterocycles. The number of aliphatic hydroxyl groups excluding tert-OH is 1. The van der Waals surface area contributed by atoms with E-state index in [0.717, 1.165) is 39.8 Å². The van der Waals surface area contributed by atoms with Gasteiger partial charge in [0.25, 0.3) is 0 Å². The van der Waals surface area contributed by atoms with E-state index in [1.54, 1.807) is 0 Å². The van der Waals surface area contributed by atoms with Gasteiger partial charge in [-0.1, -0.05) is 52.4 Å². The third-order valence-electron chi connectivity index (χ3n) is 4.57. The molecule has 24 heavy (non-hydrogen) atoms. The Morgan fingerprint density at radius 1 is 0.833 bits per heavy atom. The third kappa shape index (κ3) is 18.8. The van der Waals surface area contributed by atoms with Crippen LogP contribution in [0.2, 0.25) is 0 Å². The Bertz CT molecular complexity index is 233. The van der Waals surface area contributed by atoms with Crippen molar-refractivity contribution in [2.24, 2.45) is 15.2 Å². The van der Waals surface area contributed by atoms with E-state index in [4.69, 9.17) is 5.11 Å². The number of rotatable bonds is 2. The molecular weight excluding hydrogens is 463 g/mol. The van der Waals surface area contributed by atoms with Crippen molar-refractivity contribution in [3.63, 3.8) is 0 Å². The van der Waals surface area contributed by atoms with Crippen molar-refractivity contribution >= 4 is 0 Å². The molecular formula is C21H43NOTa-2. The largest absolute Gasteiger partial charge is 0.400 e. The fourth-order valence-corrected chi connectivity index (χ4v) is 2.81. The summed E-state index contributed by atoms with van der Waals surface area (Å²) >= 11 is 1.15. The van der Waals surface area contributed by atoms with Crippen LogP contribution in [-0.2, 0) is 20.9 Å². The molecule has 2 saturated carbocycles. The predicted molar refractivity (Wildman–Crippen MR) is 103 cm³/mol. The fourth-order valence-electron chi connectivity index (χ4n) is 2.81. The van der Waals surface area contributed by atoms with Crippen LogP contribution in [0.5, 0.6) is 0 Å². The van der Waals surface area contributed by atoms with E-state index < -0.39 is 0 Å². The van der Waals surface area contributed by atoms with Crippen LogP contribution in [0, 0.1) is 24.7 Å². The van der Waals surface area contributed by atoms with Gasteiger partial charge >= 0.3 is 50.5 Å². The summed E-state index contributed by atoms with van der Waals surface area (Å²) in [6.45, 7) is 10.9. The van der Waals surface area contributed by atoms with E-state index >= 15 is 0 Å². The standard InChI is InChI=1S/2C8H15.C4H9N.CH4O.Ta/c2*1-2-8-6-4-3-5-7-8;1-4(2,3)5;1-2;/h2*3,8H,2,4-7H2,1H3;1-3H3;2H,1H3;/q2*-1;;;. The zero-order chi connectivity index (χ0) is 18.8. The number of hydrogen-bond acceptors (Lipinski definition) is 2. The van der Waals surface area contributed by atoms with Gasteiger partial charge in [-0.15, -0.1) is 0 Å². The van der Waals surface area contributed by atoms with E-state index in [0.29, 0.717) is 0 Å². The summed E-state index contributed by atoms with van der Waals surface area (Å²) in [6.07, 6.45) is 19.0. The molecule has 2 rings (SSSR count). The van der Waals surface area contributed by atoms with Crippen LogP contribution >= 0.6 is 0 Å². The van der Waals surface area contributed by atoms with Crippen molar-refractivity contribution in [1.29, 1.82) is 0 Å². The Kier molecular flexibility index (Phi) is 20.4. The molecule has 2 fully saturated rings. The van der Waals surface area contributed by atoms with Crippen LogP contribution in [0.1, 0.15) is 98.8 Å². The Morgan fingerprint density at radius 3 is 1.21 bits per heavy atom. The molecule has 0 unspecified atom stereocenters. The fraction of sp³-hybridized carbons (Fsp3) is 0.905. The van der Waals surface area contributed by atoms with E-state index in [-0.39, 0.29) is 5.54 Å². The summed E-state index contributed by atoms with van der Waals surface area (Å²) in [4.78, 5) is 0. The van der Waals surface area contributed by atoms with E-state index in [1.807, 2.05) is 0 Å². The summed E-state index contributed by atoms with van der Waals surface area (Å²) in [6, 6.07) is 0. The summed E-state index contributed by atoms with van der Waals surface area (Å²) in [5, 5.41) is 7.00. The van der Waals surface area contributed by atoms with Crippen LogP contribution < -0.4 is 0 Å². The second-order valence-corrected chi connectivity index (χ2v) is 8.42. The molecule has 3 heteroatoms. The molecule has 0 atom stereocenters. The molecule has 0 spiro atoms. The summed E-state index contributed by atoms with van der Waals surface area (Å²) < 4.78 is 4.13. The number of nitrogens with zero attached hydrogens (tertiary/aromatic N) is 1. The predicted octanol–water partition coefficient (Wildman–Crippen LogP) is 6.71. The SMILES string of the molecule is CC(C)(C)[N]=[Ta].CCC1CC[CH-]CC1.CCC1CC[CH-]CC1.CO. The first-order chi connectivity index (χ1) is 11.4. The second-order valence-electron chi connectivity index (χ2n) is 7.71. The molecule has 0 aromatic rings. The zero-order valence-electron chi connectivity index (χ0n) is 17.2. The normalized spacial score (nSPS) is 18.8. The third-order valence-corrected chi connectivity index (χ3v) is 6.73. The minimum Gasteiger partial charge on any atom is -0.400 e. The quantitative estimate of drug-likeness (QED) is 0.415. The van der Waals surface area contributed by atoms with Gasteiger partial charge < -0.3 is 17.9 Å². The van der Waals surface area contributed by atoms with Gasteiger partial charge in [-0.3, -0.25) is 0 Å². The van der Waals surface area contributed by atoms with Gasteiger partial charge in [0.15, 0.2) is 0 Å². The first-order valence-electron chi connectivity index (χ1n) is 9.87. The van der Waals surface area contributed by atoms with Crippen molar-refractivity contribution in [3.8, 4) is 0 Å². The molecule has 0 saturated heterocycles. The molecule has 0 aromatic heterocycles. The minimum absolute atomic E-state index is 0.216. The van der Waals surface area contributed by atoms with Crippen molar-refractivity contribution in [1.82, 2.24) is 0 Å². The van der Waals surface area contributed by atoms with Crippen molar-refractivity contribution in [2.75, 3.05) is 7.11 Å². The molecule has 0 aromatic carbocycles. The number of hydrogen-bond donors (Lipinski definition) is 1. The second kappa shape index (κ2) is 18.3. The Balaban J connectivity index is 0. The maximum absolute atomic E-state index is 7.00. The molecule has 0 radical (unpaired) electrons. The zero-order valence-corrected chi connectivity index (χ0v) is 20.4. The van der Waals surface area contributed by atoms with Gasteiger partial charge in [-0.2, -0.15) is 25.7 Å². The summed E-state index contributed by atoms with van der Waals surface area (Å²) in [7, 11) is 1.00. The Hall–Kier alpha value is 0.500. The summed E-state index contributed by atoms with van der Waals surface area (Å²) in [5.74, 6) is 2.11. The Labute approximate surface area is 165 Å². The van der Waals surface area contributed by atoms with Crippen molar-refractivity contribution in [3.05, 3.63) is 12.8 Å². The topological polar surface area (TPSA) is 32.6 Å². The van der Waals surface area contributed by atoms with Crippen LogP contribution in [-0.4, -0.2) is 17.8 Å². The first kappa shape index (κ1) is 26.7. The average molecular weight is 507 g/mol. The number of aliphatic hydroxyl groups is 1. The van der Waals surface area contributed by atoms with Crippen LogP contribution in [0.25, 0.3) is 0 Å². The molecule has 2 nitrogen and oxygen atoms in total. The van der Waals surface area contributed by atoms with Gasteiger partial charge in [0.2, 0.25) is 0 Å². The van der Waals surface area contributed by atoms with E-state index in [9.17, 15) is 0 Å². The molecule has 0 bridgehead atoms. The van der Waals surface area contributed by atoms with Gasteiger partial charge in [0, 0.05) is 7.11 Å². The molecule has 0 amide bonds. The summed E-state index contributed by atoms with van der Waals surface area (Å²) in [5.41, 5.74) is 0.216. The van der Waals surface area contributed by atoms with Gasteiger partial charge in [0.1, 0.15) is 0 Å². The van der Waals surface area contributed by atoms with Gasteiger partial charge in [0.05, 0.1) is 0 Å². The average Bonchev–Trinajstić information content (AvgIpc) is 2.65. The maximum Gasteiger partial charge on any atom is 0.0319 e. The molecule has 2 aliphatic carbocycles. The smallest absolute Gasteiger partial charge is 0.0319 e. The first-order valence-corrected chi connectivity index (χ1v) is 11.3. The van der Waals surface area contributed by atoms with Gasteiger partial charge in [-0.25, -0.2) is 0 Å². The minimum atomic E-state index is 0.216. The van der Waals surface area contributed by atoms with Gasteiger partial charge in [-0.05, 0) is 11.8 Å². The van der Waals surface area contributed by atoms with E-state index in [1.165, 1.54) is 64.2 Å². The van der Waals surface area contributed by atoms with Crippen molar-refractivity contribution in [2.45, 2.75) is 104 Å². The molecule has 2 aliphatic rings. The maximum atomic E-state index is 7.00. The van der Waals surface area contributed by atoms with Crippen molar-refractivity contribution < 1.29 is 26.0 Å². The Morgan fingerprint density at radius 2 is 1.08 bits per heavy atom. The monoisotopic (exact) mass is 506 g/mol. The van der Waals surface area contributed by atoms with Crippen LogP contribution in [0.4, 0.5) is 0 Å². The van der Waals surface area contributed by atoms with Crippen LogP contribution in [0.3, 0.4) is 0 Å². The molecule has 1 N–H and O–H groups in total. The molecule has 0 aliphatic heterocycles. The van der Waals surface area contributed by atoms with E-state index in [2.05, 4.69) is 50.8 Å². The van der Waals surface area contributed by atoms with Crippen LogP contribution in [0.15, 0.2) is 3.34 Å².